The average molecular weight is 401 g/mol. The predicted octanol–water partition coefficient (Wildman–Crippen LogP) is 4.37. The second kappa shape index (κ2) is 7.19. The molecule has 5 nitrogen and oxygen atoms in total. The van der Waals surface area contributed by atoms with Crippen LogP contribution in [0.25, 0.3) is 5.52 Å². The number of pyridine rings is 1. The lowest BCUT2D eigenvalue weighted by molar-refractivity contribution is 0.0698. The largest absolute Gasteiger partial charge is 0.478 e. The van der Waals surface area contributed by atoms with Gasteiger partial charge in [0.1, 0.15) is 0 Å². The predicted molar refractivity (Wildman–Crippen MR) is 98.3 cm³/mol. The van der Waals surface area contributed by atoms with Crippen LogP contribution in [0.3, 0.4) is 0 Å². The maximum Gasteiger partial charge on any atom is 0.337 e. The van der Waals surface area contributed by atoms with E-state index in [0.717, 1.165) is 17.3 Å². The summed E-state index contributed by atoms with van der Waals surface area (Å²) >= 11 is 3.36. The van der Waals surface area contributed by atoms with E-state index in [9.17, 15) is 14.7 Å². The Labute approximate surface area is 153 Å². The minimum absolute atomic E-state index is 0.0817. The molecule has 1 aromatic carbocycles. The number of aromatic carboxylic acids is 1. The Morgan fingerprint density at radius 2 is 1.92 bits per heavy atom. The van der Waals surface area contributed by atoms with E-state index in [1.807, 2.05) is 0 Å². The number of halogens is 1. The van der Waals surface area contributed by atoms with E-state index >= 15 is 0 Å². The van der Waals surface area contributed by atoms with Gasteiger partial charge < -0.3 is 5.11 Å². The monoisotopic (exact) mass is 400 g/mol. The van der Waals surface area contributed by atoms with Crippen LogP contribution in [0.4, 0.5) is 0 Å². The number of carbonyl (C=O) groups excluding carboxylic acids is 1. The van der Waals surface area contributed by atoms with Crippen LogP contribution in [0.5, 0.6) is 0 Å². The van der Waals surface area contributed by atoms with Crippen molar-refractivity contribution in [2.45, 2.75) is 26.2 Å². The molecule has 0 amide bonds. The van der Waals surface area contributed by atoms with Crippen LogP contribution in [0.1, 0.15) is 51.7 Å². The summed E-state index contributed by atoms with van der Waals surface area (Å²) in [6.07, 6.45) is 4.16. The molecular formula is C19H17BrN2O3. The fourth-order valence-corrected chi connectivity index (χ4v) is 3.09. The molecule has 0 saturated carbocycles. The molecule has 3 rings (SSSR count). The number of unbranched alkanes of at least 4 members (excludes halogenated alkanes) is 1. The number of hydrogen-bond acceptors (Lipinski definition) is 3. The highest BCUT2D eigenvalue weighted by molar-refractivity contribution is 9.10. The normalized spacial score (nSPS) is 11.0. The van der Waals surface area contributed by atoms with E-state index in [2.05, 4.69) is 28.0 Å². The first-order valence-corrected chi connectivity index (χ1v) is 8.86. The lowest BCUT2D eigenvalue weighted by Crippen LogP contribution is -2.07. The number of nitrogens with zero attached hydrogens (tertiary/aromatic N) is 2. The zero-order chi connectivity index (χ0) is 18.0. The zero-order valence-electron chi connectivity index (χ0n) is 13.7. The number of fused-ring (bicyclic) bond motifs is 1. The standard InChI is InChI=1S/C19H17BrN2O3/c1-2-3-6-15-16(18(23)12-7-9-13(20)10-8-12)17-14(19(24)25)5-4-11-22(17)21-15/h4-5,7-11H,2-3,6H2,1H3,(H,24,25). The van der Waals surface area contributed by atoms with Gasteiger partial charge in [0.15, 0.2) is 5.78 Å². The summed E-state index contributed by atoms with van der Waals surface area (Å²) in [6, 6.07) is 10.2. The van der Waals surface area contributed by atoms with Crippen LogP contribution in [0.2, 0.25) is 0 Å². The van der Waals surface area contributed by atoms with Crippen LogP contribution < -0.4 is 0 Å². The first-order valence-electron chi connectivity index (χ1n) is 8.06. The van der Waals surface area contributed by atoms with Gasteiger partial charge in [0.05, 0.1) is 22.3 Å². The summed E-state index contributed by atoms with van der Waals surface area (Å²) in [7, 11) is 0. The second-order valence-corrected chi connectivity index (χ2v) is 6.70. The summed E-state index contributed by atoms with van der Waals surface area (Å²) in [5.74, 6) is -1.28. The van der Waals surface area contributed by atoms with Gasteiger partial charge in [0.25, 0.3) is 0 Å². The van der Waals surface area contributed by atoms with Crippen LogP contribution in [-0.4, -0.2) is 26.5 Å². The van der Waals surface area contributed by atoms with Crippen molar-refractivity contribution in [1.82, 2.24) is 9.61 Å². The molecular weight excluding hydrogens is 384 g/mol. The van der Waals surface area contributed by atoms with Gasteiger partial charge in [-0.05, 0) is 49.2 Å². The van der Waals surface area contributed by atoms with Crippen molar-refractivity contribution in [2.24, 2.45) is 0 Å². The third-order valence-corrected chi connectivity index (χ3v) is 4.59. The van der Waals surface area contributed by atoms with Crippen molar-refractivity contribution >= 4 is 33.2 Å². The first kappa shape index (κ1) is 17.4. The lowest BCUT2D eigenvalue weighted by atomic mass is 9.98. The molecule has 0 aliphatic carbocycles. The molecule has 0 unspecified atom stereocenters. The molecule has 6 heteroatoms. The van der Waals surface area contributed by atoms with Crippen molar-refractivity contribution in [1.29, 1.82) is 0 Å². The Bertz CT molecular complexity index is 945. The fraction of sp³-hybridized carbons (Fsp3) is 0.211. The molecule has 0 bridgehead atoms. The molecule has 2 heterocycles. The third-order valence-electron chi connectivity index (χ3n) is 4.06. The first-order chi connectivity index (χ1) is 12.0. The number of hydrogen-bond donors (Lipinski definition) is 1. The molecule has 2 aromatic heterocycles. The SMILES string of the molecule is CCCCc1nn2cccc(C(=O)O)c2c1C(=O)c1ccc(Br)cc1. The molecule has 128 valence electrons. The minimum Gasteiger partial charge on any atom is -0.478 e. The molecule has 0 fully saturated rings. The number of rotatable bonds is 6. The minimum atomic E-state index is -1.07. The van der Waals surface area contributed by atoms with Crippen molar-refractivity contribution in [3.8, 4) is 0 Å². The van der Waals surface area contributed by atoms with Gasteiger partial charge in [-0.1, -0.05) is 29.3 Å². The maximum atomic E-state index is 13.1. The van der Waals surface area contributed by atoms with Crippen LogP contribution in [0.15, 0.2) is 47.1 Å². The number of carboxylic acids is 1. The third kappa shape index (κ3) is 3.35. The van der Waals surface area contributed by atoms with E-state index in [4.69, 9.17) is 0 Å². The van der Waals surface area contributed by atoms with Crippen LogP contribution >= 0.6 is 15.9 Å². The van der Waals surface area contributed by atoms with E-state index in [1.165, 1.54) is 10.6 Å². The van der Waals surface area contributed by atoms with Crippen LogP contribution in [-0.2, 0) is 6.42 Å². The van der Waals surface area contributed by atoms with E-state index in [1.54, 1.807) is 36.5 Å². The number of aromatic nitrogens is 2. The van der Waals surface area contributed by atoms with Gasteiger partial charge in [-0.15, -0.1) is 0 Å². The molecule has 3 aromatic rings. The number of benzene rings is 1. The molecule has 0 spiro atoms. The molecule has 0 aliphatic rings. The number of carboxylic acid groups (broad SMARTS) is 1. The number of carbonyl (C=O) groups is 2. The molecule has 25 heavy (non-hydrogen) atoms. The molecule has 1 N–H and O–H groups in total. The second-order valence-electron chi connectivity index (χ2n) is 5.78. The quantitative estimate of drug-likeness (QED) is 0.623. The summed E-state index contributed by atoms with van der Waals surface area (Å²) in [5, 5.41) is 14.0. The van der Waals surface area contributed by atoms with Crippen molar-refractivity contribution in [3.63, 3.8) is 0 Å². The lowest BCUT2D eigenvalue weighted by Gasteiger charge is -2.05. The highest BCUT2D eigenvalue weighted by Crippen LogP contribution is 2.25. The van der Waals surface area contributed by atoms with Crippen LogP contribution in [0, 0.1) is 0 Å². The highest BCUT2D eigenvalue weighted by Gasteiger charge is 2.24. The molecule has 0 atom stereocenters. The smallest absolute Gasteiger partial charge is 0.337 e. The molecule has 0 saturated heterocycles. The highest BCUT2D eigenvalue weighted by atomic mass is 79.9. The molecule has 0 aliphatic heterocycles. The van der Waals surface area contributed by atoms with Gasteiger partial charge in [-0.3, -0.25) is 4.79 Å². The molecule has 0 radical (unpaired) electrons. The maximum absolute atomic E-state index is 13.1. The van der Waals surface area contributed by atoms with Gasteiger partial charge in [0.2, 0.25) is 0 Å². The Morgan fingerprint density at radius 1 is 1.20 bits per heavy atom. The summed E-state index contributed by atoms with van der Waals surface area (Å²) in [4.78, 5) is 24.8. The van der Waals surface area contributed by atoms with Gasteiger partial charge in [0, 0.05) is 16.2 Å². The summed E-state index contributed by atoms with van der Waals surface area (Å²) in [5.41, 5.74) is 1.97. The van der Waals surface area contributed by atoms with Gasteiger partial charge in [-0.2, -0.15) is 5.10 Å². The Hall–Kier alpha value is -2.47. The fourth-order valence-electron chi connectivity index (χ4n) is 2.82. The van der Waals surface area contributed by atoms with Gasteiger partial charge in [-0.25, -0.2) is 9.31 Å². The van der Waals surface area contributed by atoms with E-state index in [0.29, 0.717) is 28.8 Å². The Morgan fingerprint density at radius 3 is 2.56 bits per heavy atom. The topological polar surface area (TPSA) is 71.7 Å². The van der Waals surface area contributed by atoms with Crippen molar-refractivity contribution in [2.75, 3.05) is 0 Å². The summed E-state index contributed by atoms with van der Waals surface area (Å²) < 4.78 is 2.38. The van der Waals surface area contributed by atoms with Crippen molar-refractivity contribution in [3.05, 3.63) is 69.5 Å². The van der Waals surface area contributed by atoms with Crippen molar-refractivity contribution < 1.29 is 14.7 Å². The zero-order valence-corrected chi connectivity index (χ0v) is 15.3. The van der Waals surface area contributed by atoms with E-state index in [-0.39, 0.29) is 11.3 Å². The van der Waals surface area contributed by atoms with Gasteiger partial charge >= 0.3 is 5.97 Å². The summed E-state index contributed by atoms with van der Waals surface area (Å²) in [6.45, 7) is 2.06. The number of ketones is 1. The van der Waals surface area contributed by atoms with E-state index < -0.39 is 5.97 Å². The number of aryl methyl sites for hydroxylation is 1. The Balaban J connectivity index is 2.23. The Kier molecular flexibility index (Phi) is 4.99. The average Bonchev–Trinajstić information content (AvgIpc) is 2.98.